The minimum atomic E-state index is 0.304. The van der Waals surface area contributed by atoms with Crippen molar-refractivity contribution in [1.29, 1.82) is 0 Å². The quantitative estimate of drug-likeness (QED) is 0.722. The third-order valence-corrected chi connectivity index (χ3v) is 2.12. The molecule has 13 heavy (non-hydrogen) atoms. The minimum absolute atomic E-state index is 0.304. The van der Waals surface area contributed by atoms with E-state index in [0.717, 1.165) is 25.9 Å². The van der Waals surface area contributed by atoms with Gasteiger partial charge < -0.3 is 10.1 Å². The van der Waals surface area contributed by atoms with Crippen molar-refractivity contribution in [3.63, 3.8) is 0 Å². The van der Waals surface area contributed by atoms with Crippen molar-refractivity contribution in [2.45, 2.75) is 18.9 Å². The molecule has 0 radical (unpaired) electrons. The maximum atomic E-state index is 5.64. The number of ether oxygens (including phenoxy) is 1. The Morgan fingerprint density at radius 2 is 2.23 bits per heavy atom. The molecule has 0 spiro atoms. The fourth-order valence-electron chi connectivity index (χ4n) is 1.43. The molecular formula is C9H13N3O. The Labute approximate surface area is 77.3 Å². The van der Waals surface area contributed by atoms with Crippen LogP contribution in [-0.4, -0.2) is 29.4 Å². The van der Waals surface area contributed by atoms with Crippen LogP contribution < -0.4 is 10.1 Å². The Morgan fingerprint density at radius 3 is 2.92 bits per heavy atom. The van der Waals surface area contributed by atoms with Crippen molar-refractivity contribution < 1.29 is 4.74 Å². The molecule has 4 nitrogen and oxygen atoms in total. The van der Waals surface area contributed by atoms with E-state index in [2.05, 4.69) is 15.5 Å². The highest BCUT2D eigenvalue weighted by atomic mass is 16.5. The molecule has 0 aromatic carbocycles. The highest BCUT2D eigenvalue weighted by molar-refractivity contribution is 5.05. The smallest absolute Gasteiger partial charge is 0.233 e. The fraction of sp³-hybridized carbons (Fsp3) is 0.556. The second kappa shape index (κ2) is 4.18. The summed E-state index contributed by atoms with van der Waals surface area (Å²) >= 11 is 0. The van der Waals surface area contributed by atoms with Gasteiger partial charge in [0.1, 0.15) is 6.10 Å². The summed E-state index contributed by atoms with van der Waals surface area (Å²) in [6.45, 7) is 2.07. The lowest BCUT2D eigenvalue weighted by atomic mass is 10.1. The summed E-state index contributed by atoms with van der Waals surface area (Å²) in [6.07, 6.45) is 4.06. The van der Waals surface area contributed by atoms with Crippen LogP contribution in [0.2, 0.25) is 0 Å². The predicted molar refractivity (Wildman–Crippen MR) is 48.6 cm³/mol. The Morgan fingerprint density at radius 1 is 1.38 bits per heavy atom. The zero-order valence-corrected chi connectivity index (χ0v) is 7.44. The molecule has 4 heteroatoms. The van der Waals surface area contributed by atoms with E-state index in [-0.39, 0.29) is 0 Å². The zero-order chi connectivity index (χ0) is 8.93. The Kier molecular flexibility index (Phi) is 2.72. The number of hydrogen-bond donors (Lipinski definition) is 1. The molecule has 1 N–H and O–H groups in total. The second-order valence-electron chi connectivity index (χ2n) is 3.13. The third kappa shape index (κ3) is 2.39. The van der Waals surface area contributed by atoms with Crippen LogP contribution in [0.3, 0.4) is 0 Å². The van der Waals surface area contributed by atoms with Crippen molar-refractivity contribution in [2.24, 2.45) is 0 Å². The standard InChI is InChI=1S/C9H13N3O/c1-2-9(12-11-5-1)13-8-3-6-10-7-4-8/h1-2,5,8,10H,3-4,6-7H2. The first-order valence-electron chi connectivity index (χ1n) is 4.60. The van der Waals surface area contributed by atoms with Gasteiger partial charge in [-0.15, -0.1) is 5.10 Å². The van der Waals surface area contributed by atoms with Crippen molar-refractivity contribution in [3.8, 4) is 5.88 Å². The molecule has 0 atom stereocenters. The first kappa shape index (κ1) is 8.44. The van der Waals surface area contributed by atoms with Gasteiger partial charge in [0.05, 0.1) is 0 Å². The molecule has 1 aliphatic heterocycles. The monoisotopic (exact) mass is 179 g/mol. The number of rotatable bonds is 2. The summed E-state index contributed by atoms with van der Waals surface area (Å²) in [5, 5.41) is 10.9. The van der Waals surface area contributed by atoms with Crippen LogP contribution in [0.1, 0.15) is 12.8 Å². The first-order valence-corrected chi connectivity index (χ1v) is 4.60. The maximum Gasteiger partial charge on any atom is 0.233 e. The van der Waals surface area contributed by atoms with Crippen LogP contribution >= 0.6 is 0 Å². The van der Waals surface area contributed by atoms with Gasteiger partial charge in [-0.3, -0.25) is 0 Å². The van der Waals surface area contributed by atoms with Crippen LogP contribution in [0.5, 0.6) is 5.88 Å². The van der Waals surface area contributed by atoms with E-state index in [1.807, 2.05) is 12.1 Å². The van der Waals surface area contributed by atoms with Gasteiger partial charge in [-0.25, -0.2) is 0 Å². The summed E-state index contributed by atoms with van der Waals surface area (Å²) in [4.78, 5) is 0. The number of nitrogens with zero attached hydrogens (tertiary/aromatic N) is 2. The van der Waals surface area contributed by atoms with E-state index >= 15 is 0 Å². The largest absolute Gasteiger partial charge is 0.473 e. The number of nitrogens with one attached hydrogen (secondary N) is 1. The van der Waals surface area contributed by atoms with Crippen molar-refractivity contribution >= 4 is 0 Å². The number of aromatic nitrogens is 2. The first-order chi connectivity index (χ1) is 6.45. The van der Waals surface area contributed by atoms with Gasteiger partial charge in [0.2, 0.25) is 5.88 Å². The topological polar surface area (TPSA) is 47.0 Å². The molecule has 1 saturated heterocycles. The lowest BCUT2D eigenvalue weighted by molar-refractivity contribution is 0.154. The van der Waals surface area contributed by atoms with Crippen molar-refractivity contribution in [1.82, 2.24) is 15.5 Å². The molecule has 0 amide bonds. The van der Waals surface area contributed by atoms with Gasteiger partial charge in [-0.1, -0.05) is 0 Å². The lowest BCUT2D eigenvalue weighted by Gasteiger charge is -2.22. The molecule has 0 bridgehead atoms. The molecule has 0 aliphatic carbocycles. The Bertz CT molecular complexity index is 246. The van der Waals surface area contributed by atoms with E-state index < -0.39 is 0 Å². The maximum absolute atomic E-state index is 5.64. The average molecular weight is 179 g/mol. The molecule has 0 saturated carbocycles. The van der Waals surface area contributed by atoms with Crippen molar-refractivity contribution in [3.05, 3.63) is 18.3 Å². The molecule has 70 valence electrons. The van der Waals surface area contributed by atoms with Gasteiger partial charge in [-0.05, 0) is 32.0 Å². The fourth-order valence-corrected chi connectivity index (χ4v) is 1.43. The third-order valence-electron chi connectivity index (χ3n) is 2.12. The van der Waals surface area contributed by atoms with Gasteiger partial charge in [0, 0.05) is 12.3 Å². The van der Waals surface area contributed by atoms with Gasteiger partial charge in [0.15, 0.2) is 0 Å². The van der Waals surface area contributed by atoms with Gasteiger partial charge >= 0.3 is 0 Å². The van der Waals surface area contributed by atoms with Crippen LogP contribution in [0.25, 0.3) is 0 Å². The normalized spacial score (nSPS) is 18.5. The van der Waals surface area contributed by atoms with E-state index in [1.54, 1.807) is 6.20 Å². The molecular weight excluding hydrogens is 166 g/mol. The zero-order valence-electron chi connectivity index (χ0n) is 7.44. The summed E-state index contributed by atoms with van der Waals surface area (Å²) in [5.41, 5.74) is 0. The molecule has 1 aromatic heterocycles. The van der Waals surface area contributed by atoms with E-state index in [1.165, 1.54) is 0 Å². The summed E-state index contributed by atoms with van der Waals surface area (Å²) in [7, 11) is 0. The molecule has 2 heterocycles. The van der Waals surface area contributed by atoms with Gasteiger partial charge in [0.25, 0.3) is 0 Å². The number of piperidine rings is 1. The summed E-state index contributed by atoms with van der Waals surface area (Å²) in [6, 6.07) is 3.68. The molecule has 1 aromatic rings. The molecule has 0 unspecified atom stereocenters. The highest BCUT2D eigenvalue weighted by Gasteiger charge is 2.14. The van der Waals surface area contributed by atoms with Crippen molar-refractivity contribution in [2.75, 3.05) is 13.1 Å². The van der Waals surface area contributed by atoms with E-state index in [0.29, 0.717) is 12.0 Å². The van der Waals surface area contributed by atoms with E-state index in [4.69, 9.17) is 4.74 Å². The predicted octanol–water partition coefficient (Wildman–Crippen LogP) is 0.607. The van der Waals surface area contributed by atoms with Crippen LogP contribution in [0.4, 0.5) is 0 Å². The summed E-state index contributed by atoms with van der Waals surface area (Å²) in [5.74, 6) is 0.634. The van der Waals surface area contributed by atoms with Crippen LogP contribution in [0, 0.1) is 0 Å². The Balaban J connectivity index is 1.90. The molecule has 1 fully saturated rings. The lowest BCUT2D eigenvalue weighted by Crippen LogP contribution is -2.34. The van der Waals surface area contributed by atoms with Crippen LogP contribution in [0.15, 0.2) is 18.3 Å². The number of hydrogen-bond acceptors (Lipinski definition) is 4. The minimum Gasteiger partial charge on any atom is -0.473 e. The van der Waals surface area contributed by atoms with Gasteiger partial charge in [-0.2, -0.15) is 5.10 Å². The average Bonchev–Trinajstić information content (AvgIpc) is 2.21. The molecule has 1 aliphatic rings. The molecule has 2 rings (SSSR count). The summed E-state index contributed by atoms with van der Waals surface area (Å²) < 4.78 is 5.64. The Hall–Kier alpha value is -1.16. The second-order valence-corrected chi connectivity index (χ2v) is 3.13. The highest BCUT2D eigenvalue weighted by Crippen LogP contribution is 2.11. The van der Waals surface area contributed by atoms with E-state index in [9.17, 15) is 0 Å². The van der Waals surface area contributed by atoms with Crippen LogP contribution in [-0.2, 0) is 0 Å². The SMILES string of the molecule is c1cnnc(OC2CCNCC2)c1.